The van der Waals surface area contributed by atoms with E-state index in [-0.39, 0.29) is 24.2 Å². The summed E-state index contributed by atoms with van der Waals surface area (Å²) in [6, 6.07) is 15.0. The van der Waals surface area contributed by atoms with E-state index in [4.69, 9.17) is 4.74 Å². The third-order valence-electron chi connectivity index (χ3n) is 4.23. The number of carbonyl (C=O) groups is 2. The molecule has 1 atom stereocenters. The van der Waals surface area contributed by atoms with Crippen LogP contribution in [0.1, 0.15) is 12.0 Å². The maximum Gasteiger partial charge on any atom is 0.229 e. The summed E-state index contributed by atoms with van der Waals surface area (Å²) in [6.07, 6.45) is 0.249. The van der Waals surface area contributed by atoms with Crippen LogP contribution in [0.3, 0.4) is 0 Å². The van der Waals surface area contributed by atoms with Crippen molar-refractivity contribution in [2.45, 2.75) is 13.0 Å². The number of hydrogen-bond donors (Lipinski definition) is 1. The van der Waals surface area contributed by atoms with Crippen molar-refractivity contribution in [1.82, 2.24) is 4.90 Å². The highest BCUT2D eigenvalue weighted by Crippen LogP contribution is 2.23. The molecule has 2 aromatic carbocycles. The molecule has 0 unspecified atom stereocenters. The maximum atomic E-state index is 12.4. The van der Waals surface area contributed by atoms with Crippen molar-refractivity contribution in [2.75, 3.05) is 19.0 Å². The number of benzene rings is 2. The summed E-state index contributed by atoms with van der Waals surface area (Å²) in [6.45, 7) is 0.943. The van der Waals surface area contributed by atoms with Gasteiger partial charge in [-0.3, -0.25) is 9.59 Å². The fraction of sp³-hybridized carbons (Fsp3) is 0.263. The van der Waals surface area contributed by atoms with E-state index < -0.39 is 0 Å². The van der Waals surface area contributed by atoms with Crippen molar-refractivity contribution in [3.8, 4) is 5.75 Å². The normalized spacial score (nSPS) is 16.8. The first-order chi connectivity index (χ1) is 12.0. The Hall–Kier alpha value is -2.34. The molecule has 0 aromatic heterocycles. The van der Waals surface area contributed by atoms with E-state index in [0.29, 0.717) is 13.1 Å². The highest BCUT2D eigenvalue weighted by molar-refractivity contribution is 9.10. The lowest BCUT2D eigenvalue weighted by molar-refractivity contribution is -0.128. The topological polar surface area (TPSA) is 58.6 Å². The van der Waals surface area contributed by atoms with Crippen LogP contribution in [0.15, 0.2) is 53.0 Å². The van der Waals surface area contributed by atoms with Gasteiger partial charge in [0.1, 0.15) is 5.75 Å². The van der Waals surface area contributed by atoms with Gasteiger partial charge in [-0.05, 0) is 42.0 Å². The van der Waals surface area contributed by atoms with Crippen LogP contribution in [0.25, 0.3) is 0 Å². The van der Waals surface area contributed by atoms with Crippen molar-refractivity contribution >= 4 is 33.4 Å². The summed E-state index contributed by atoms with van der Waals surface area (Å²) in [7, 11) is 1.62. The van der Waals surface area contributed by atoms with E-state index in [1.807, 2.05) is 48.5 Å². The van der Waals surface area contributed by atoms with E-state index in [2.05, 4.69) is 21.2 Å². The Kier molecular flexibility index (Phi) is 5.38. The average Bonchev–Trinajstić information content (AvgIpc) is 2.98. The van der Waals surface area contributed by atoms with Gasteiger partial charge in [0, 0.05) is 29.7 Å². The Balaban J connectivity index is 1.59. The number of carbonyl (C=O) groups excluding carboxylic acids is 2. The standard InChI is InChI=1S/C19H19BrN2O3/c1-25-17-8-2-13(3-9-17)11-22-12-14(10-18(22)23)19(24)21-16-6-4-15(20)5-7-16/h2-9,14H,10-12H2,1H3,(H,21,24)/t14-/m1/s1. The summed E-state index contributed by atoms with van der Waals surface area (Å²) in [5, 5.41) is 2.88. The molecule has 0 bridgehead atoms. The number of rotatable bonds is 5. The van der Waals surface area contributed by atoms with Crippen LogP contribution in [-0.4, -0.2) is 30.4 Å². The Morgan fingerprint density at radius 2 is 1.88 bits per heavy atom. The predicted molar refractivity (Wildman–Crippen MR) is 99.3 cm³/mol. The van der Waals surface area contributed by atoms with E-state index in [1.54, 1.807) is 12.0 Å². The number of likely N-dealkylation sites (tertiary alicyclic amines) is 1. The second kappa shape index (κ2) is 7.70. The number of methoxy groups -OCH3 is 1. The second-order valence-corrected chi connectivity index (χ2v) is 6.94. The van der Waals surface area contributed by atoms with Gasteiger partial charge in [0.25, 0.3) is 0 Å². The average molecular weight is 403 g/mol. The Morgan fingerprint density at radius 3 is 2.52 bits per heavy atom. The third kappa shape index (κ3) is 4.39. The number of hydrogen-bond acceptors (Lipinski definition) is 3. The van der Waals surface area contributed by atoms with Gasteiger partial charge >= 0.3 is 0 Å². The largest absolute Gasteiger partial charge is 0.497 e. The van der Waals surface area contributed by atoms with Gasteiger partial charge in [-0.2, -0.15) is 0 Å². The molecule has 2 amide bonds. The van der Waals surface area contributed by atoms with Crippen molar-refractivity contribution in [2.24, 2.45) is 5.92 Å². The molecule has 3 rings (SSSR count). The second-order valence-electron chi connectivity index (χ2n) is 6.02. The zero-order valence-electron chi connectivity index (χ0n) is 13.9. The zero-order chi connectivity index (χ0) is 17.8. The first-order valence-corrected chi connectivity index (χ1v) is 8.81. The third-order valence-corrected chi connectivity index (χ3v) is 4.76. The molecule has 0 spiro atoms. The molecule has 0 aliphatic carbocycles. The molecule has 5 nitrogen and oxygen atoms in total. The molecule has 0 radical (unpaired) electrons. The van der Waals surface area contributed by atoms with Gasteiger partial charge in [-0.25, -0.2) is 0 Å². The highest BCUT2D eigenvalue weighted by Gasteiger charge is 2.34. The van der Waals surface area contributed by atoms with Crippen molar-refractivity contribution in [1.29, 1.82) is 0 Å². The van der Waals surface area contributed by atoms with Crippen molar-refractivity contribution in [3.05, 3.63) is 58.6 Å². The fourth-order valence-electron chi connectivity index (χ4n) is 2.83. The van der Waals surface area contributed by atoms with Crippen LogP contribution in [-0.2, 0) is 16.1 Å². The first kappa shape index (κ1) is 17.5. The molecule has 130 valence electrons. The lowest BCUT2D eigenvalue weighted by Crippen LogP contribution is -2.28. The summed E-state index contributed by atoms with van der Waals surface area (Å²) in [5.74, 6) is 0.345. The molecule has 25 heavy (non-hydrogen) atoms. The monoisotopic (exact) mass is 402 g/mol. The maximum absolute atomic E-state index is 12.4. The Bertz CT molecular complexity index is 759. The summed E-state index contributed by atoms with van der Waals surface area (Å²) in [4.78, 5) is 26.4. The molecular formula is C19H19BrN2O3. The number of amides is 2. The lowest BCUT2D eigenvalue weighted by Gasteiger charge is -2.17. The molecule has 1 heterocycles. The molecule has 1 aliphatic heterocycles. The van der Waals surface area contributed by atoms with Crippen LogP contribution < -0.4 is 10.1 Å². The van der Waals surface area contributed by atoms with Crippen LogP contribution in [0.2, 0.25) is 0 Å². The predicted octanol–water partition coefficient (Wildman–Crippen LogP) is 3.44. The van der Waals surface area contributed by atoms with Crippen molar-refractivity contribution in [3.63, 3.8) is 0 Å². The molecule has 0 saturated carbocycles. The zero-order valence-corrected chi connectivity index (χ0v) is 15.5. The van der Waals surface area contributed by atoms with E-state index >= 15 is 0 Å². The van der Waals surface area contributed by atoms with Gasteiger partial charge < -0.3 is 15.0 Å². The van der Waals surface area contributed by atoms with Crippen LogP contribution in [0, 0.1) is 5.92 Å². The highest BCUT2D eigenvalue weighted by atomic mass is 79.9. The van der Waals surface area contributed by atoms with E-state index in [0.717, 1.165) is 21.5 Å². The van der Waals surface area contributed by atoms with Crippen LogP contribution in [0.5, 0.6) is 5.75 Å². The molecule has 1 N–H and O–H groups in total. The number of ether oxygens (including phenoxy) is 1. The van der Waals surface area contributed by atoms with Crippen molar-refractivity contribution < 1.29 is 14.3 Å². The number of anilines is 1. The molecule has 1 aliphatic rings. The van der Waals surface area contributed by atoms with Gasteiger partial charge in [-0.1, -0.05) is 28.1 Å². The Morgan fingerprint density at radius 1 is 1.20 bits per heavy atom. The minimum absolute atomic E-state index is 0.00627. The molecule has 1 saturated heterocycles. The van der Waals surface area contributed by atoms with Crippen LogP contribution >= 0.6 is 15.9 Å². The number of nitrogens with zero attached hydrogens (tertiary/aromatic N) is 1. The molecule has 1 fully saturated rings. The number of nitrogens with one attached hydrogen (secondary N) is 1. The first-order valence-electron chi connectivity index (χ1n) is 8.02. The summed E-state index contributed by atoms with van der Waals surface area (Å²) in [5.41, 5.74) is 1.75. The lowest BCUT2D eigenvalue weighted by atomic mass is 10.1. The SMILES string of the molecule is COc1ccc(CN2C[C@H](C(=O)Nc3ccc(Br)cc3)CC2=O)cc1. The summed E-state index contributed by atoms with van der Waals surface area (Å²) >= 11 is 3.36. The summed E-state index contributed by atoms with van der Waals surface area (Å²) < 4.78 is 6.09. The fourth-order valence-corrected chi connectivity index (χ4v) is 3.09. The minimum atomic E-state index is -0.325. The van der Waals surface area contributed by atoms with E-state index in [9.17, 15) is 9.59 Å². The molecule has 6 heteroatoms. The smallest absolute Gasteiger partial charge is 0.229 e. The molecule has 2 aromatic rings. The van der Waals surface area contributed by atoms with Gasteiger partial charge in [0.05, 0.1) is 13.0 Å². The van der Waals surface area contributed by atoms with E-state index in [1.165, 1.54) is 0 Å². The van der Waals surface area contributed by atoms with Gasteiger partial charge in [0.2, 0.25) is 11.8 Å². The van der Waals surface area contributed by atoms with Gasteiger partial charge in [-0.15, -0.1) is 0 Å². The number of halogens is 1. The Labute approximate surface area is 155 Å². The minimum Gasteiger partial charge on any atom is -0.497 e. The van der Waals surface area contributed by atoms with Gasteiger partial charge in [0.15, 0.2) is 0 Å². The van der Waals surface area contributed by atoms with Crippen LogP contribution in [0.4, 0.5) is 5.69 Å². The quantitative estimate of drug-likeness (QED) is 0.832. The molecular weight excluding hydrogens is 384 g/mol.